The SMILES string of the molecule is Clc1ccc(C=C2CCC(C=NN3CCN(c4ccccn4)CC3)=C2N2CCOCC2)c(Cl)c1. The third-order valence-corrected chi connectivity index (χ3v) is 7.06. The van der Waals surface area contributed by atoms with E-state index in [1.54, 1.807) is 6.07 Å². The minimum absolute atomic E-state index is 0.651. The third kappa shape index (κ3) is 5.40. The molecule has 0 radical (unpaired) electrons. The average Bonchev–Trinajstić information content (AvgIpc) is 3.28. The summed E-state index contributed by atoms with van der Waals surface area (Å²) in [7, 11) is 0. The van der Waals surface area contributed by atoms with E-state index in [1.165, 1.54) is 16.8 Å². The van der Waals surface area contributed by atoms with Gasteiger partial charge in [-0.05, 0) is 59.9 Å². The molecule has 2 fully saturated rings. The van der Waals surface area contributed by atoms with Crippen molar-refractivity contribution >= 4 is 41.3 Å². The summed E-state index contributed by atoms with van der Waals surface area (Å²) in [5.74, 6) is 1.04. The Labute approximate surface area is 211 Å². The molecule has 1 aromatic carbocycles. The van der Waals surface area contributed by atoms with Crippen molar-refractivity contribution in [1.82, 2.24) is 14.9 Å². The quantitative estimate of drug-likeness (QED) is 0.546. The van der Waals surface area contributed by atoms with Crippen LogP contribution in [0.2, 0.25) is 10.0 Å². The topological polar surface area (TPSA) is 44.2 Å². The van der Waals surface area contributed by atoms with Crippen molar-refractivity contribution in [3.8, 4) is 0 Å². The van der Waals surface area contributed by atoms with Crippen molar-refractivity contribution in [1.29, 1.82) is 0 Å². The molecule has 0 amide bonds. The Kier molecular flexibility index (Phi) is 7.38. The van der Waals surface area contributed by atoms with Crippen LogP contribution in [0, 0.1) is 0 Å². The summed E-state index contributed by atoms with van der Waals surface area (Å²) in [6.45, 7) is 6.89. The molecule has 34 heavy (non-hydrogen) atoms. The van der Waals surface area contributed by atoms with E-state index in [2.05, 4.69) is 38.1 Å². The van der Waals surface area contributed by atoms with Gasteiger partial charge < -0.3 is 14.5 Å². The van der Waals surface area contributed by atoms with Crippen LogP contribution < -0.4 is 4.90 Å². The van der Waals surface area contributed by atoms with Gasteiger partial charge in [-0.2, -0.15) is 5.10 Å². The first-order valence-corrected chi connectivity index (χ1v) is 12.6. The minimum atomic E-state index is 0.651. The minimum Gasteiger partial charge on any atom is -0.378 e. The van der Waals surface area contributed by atoms with Crippen LogP contribution in [0.25, 0.3) is 6.08 Å². The summed E-state index contributed by atoms with van der Waals surface area (Å²) in [5, 5.41) is 8.38. The van der Waals surface area contributed by atoms with Crippen LogP contribution in [0.5, 0.6) is 0 Å². The highest BCUT2D eigenvalue weighted by Gasteiger charge is 2.26. The number of aromatic nitrogens is 1. The number of halogens is 2. The second-order valence-electron chi connectivity index (χ2n) is 8.68. The van der Waals surface area contributed by atoms with Crippen LogP contribution in [0.4, 0.5) is 5.82 Å². The van der Waals surface area contributed by atoms with Gasteiger partial charge in [0.2, 0.25) is 0 Å². The maximum atomic E-state index is 6.48. The zero-order chi connectivity index (χ0) is 23.3. The number of allylic oxidation sites excluding steroid dienone is 2. The zero-order valence-electron chi connectivity index (χ0n) is 19.2. The average molecular weight is 498 g/mol. The van der Waals surface area contributed by atoms with Crippen molar-refractivity contribution in [3.05, 3.63) is 75.0 Å². The molecule has 2 aromatic rings. The van der Waals surface area contributed by atoms with Gasteiger partial charge in [-0.15, -0.1) is 0 Å². The standard InChI is InChI=1S/C26H29Cl2N5O/c27-23-7-6-20(24(28)18-23)17-21-4-5-22(26(21)32-13-15-34-16-14-32)19-30-33-11-9-31(10-12-33)25-3-1-2-8-29-25/h1-3,6-8,17-19H,4-5,9-16H2. The molecule has 0 N–H and O–H groups in total. The molecule has 6 nitrogen and oxygen atoms in total. The summed E-state index contributed by atoms with van der Waals surface area (Å²) in [6, 6.07) is 11.7. The van der Waals surface area contributed by atoms with Crippen LogP contribution in [-0.2, 0) is 4.74 Å². The largest absolute Gasteiger partial charge is 0.378 e. The number of hydrazone groups is 1. The Morgan fingerprint density at radius 3 is 2.47 bits per heavy atom. The summed E-state index contributed by atoms with van der Waals surface area (Å²) in [4.78, 5) is 9.23. The second kappa shape index (κ2) is 10.8. The molecule has 0 bridgehead atoms. The highest BCUT2D eigenvalue weighted by atomic mass is 35.5. The van der Waals surface area contributed by atoms with E-state index in [9.17, 15) is 0 Å². The summed E-state index contributed by atoms with van der Waals surface area (Å²) in [6.07, 6.45) is 8.07. The first kappa shape index (κ1) is 23.2. The Morgan fingerprint density at radius 2 is 1.74 bits per heavy atom. The molecule has 0 spiro atoms. The fraction of sp³-hybridized carbons (Fsp3) is 0.385. The smallest absolute Gasteiger partial charge is 0.128 e. The predicted octanol–water partition coefficient (Wildman–Crippen LogP) is 4.96. The molecule has 178 valence electrons. The van der Waals surface area contributed by atoms with E-state index < -0.39 is 0 Å². The van der Waals surface area contributed by atoms with Gasteiger partial charge in [0.05, 0.1) is 32.5 Å². The Balaban J connectivity index is 1.34. The predicted molar refractivity (Wildman–Crippen MR) is 140 cm³/mol. The number of nitrogens with zero attached hydrogens (tertiary/aromatic N) is 5. The Bertz CT molecular complexity index is 1090. The molecule has 3 heterocycles. The summed E-state index contributed by atoms with van der Waals surface area (Å²) in [5.41, 5.74) is 4.86. The summed E-state index contributed by atoms with van der Waals surface area (Å²) >= 11 is 12.6. The zero-order valence-corrected chi connectivity index (χ0v) is 20.7. The van der Waals surface area contributed by atoms with Crippen LogP contribution in [-0.4, -0.2) is 73.6 Å². The van der Waals surface area contributed by atoms with E-state index in [0.29, 0.717) is 10.0 Å². The van der Waals surface area contributed by atoms with E-state index in [-0.39, 0.29) is 0 Å². The first-order valence-electron chi connectivity index (χ1n) is 11.8. The molecule has 0 unspecified atom stereocenters. The monoisotopic (exact) mass is 497 g/mol. The molecule has 1 aromatic heterocycles. The fourth-order valence-electron chi connectivity index (χ4n) is 4.71. The van der Waals surface area contributed by atoms with Crippen molar-refractivity contribution in [2.75, 3.05) is 57.4 Å². The first-order chi connectivity index (χ1) is 16.7. The lowest BCUT2D eigenvalue weighted by molar-refractivity contribution is 0.0548. The highest BCUT2D eigenvalue weighted by molar-refractivity contribution is 6.35. The molecule has 3 aliphatic rings. The maximum Gasteiger partial charge on any atom is 0.128 e. The molecule has 0 atom stereocenters. The summed E-state index contributed by atoms with van der Waals surface area (Å²) < 4.78 is 5.61. The molecular weight excluding hydrogens is 469 g/mol. The van der Waals surface area contributed by atoms with Gasteiger partial charge in [0.1, 0.15) is 5.82 Å². The van der Waals surface area contributed by atoms with Crippen molar-refractivity contribution in [3.63, 3.8) is 0 Å². The van der Waals surface area contributed by atoms with Crippen molar-refractivity contribution < 1.29 is 4.74 Å². The number of rotatable bonds is 5. The van der Waals surface area contributed by atoms with E-state index in [0.717, 1.165) is 76.7 Å². The number of hydrogen-bond acceptors (Lipinski definition) is 6. The third-order valence-electron chi connectivity index (χ3n) is 6.50. The number of piperazine rings is 1. The van der Waals surface area contributed by atoms with Crippen LogP contribution in [0.15, 0.2) is 64.5 Å². The number of benzene rings is 1. The highest BCUT2D eigenvalue weighted by Crippen LogP contribution is 2.36. The molecule has 1 aliphatic carbocycles. The molecular formula is C26H29Cl2N5O. The normalized spacial score (nSPS) is 20.8. The van der Waals surface area contributed by atoms with Gasteiger partial charge in [0.15, 0.2) is 0 Å². The second-order valence-corrected chi connectivity index (χ2v) is 9.53. The number of pyridine rings is 1. The van der Waals surface area contributed by atoms with Gasteiger partial charge in [0.25, 0.3) is 0 Å². The Hall–Kier alpha value is -2.54. The molecule has 2 saturated heterocycles. The lowest BCUT2D eigenvalue weighted by Crippen LogP contribution is -2.44. The molecule has 0 saturated carbocycles. The maximum absolute atomic E-state index is 6.48. The van der Waals surface area contributed by atoms with Gasteiger partial charge in [0, 0.05) is 48.1 Å². The van der Waals surface area contributed by atoms with Gasteiger partial charge >= 0.3 is 0 Å². The van der Waals surface area contributed by atoms with Crippen molar-refractivity contribution in [2.45, 2.75) is 12.8 Å². The number of ether oxygens (including phenoxy) is 1. The van der Waals surface area contributed by atoms with Crippen molar-refractivity contribution in [2.24, 2.45) is 5.10 Å². The number of hydrogen-bond donors (Lipinski definition) is 0. The van der Waals surface area contributed by atoms with E-state index >= 15 is 0 Å². The molecule has 2 aliphatic heterocycles. The lowest BCUT2D eigenvalue weighted by atomic mass is 10.1. The Morgan fingerprint density at radius 1 is 0.912 bits per heavy atom. The van der Waals surface area contributed by atoms with Crippen LogP contribution in [0.3, 0.4) is 0 Å². The lowest BCUT2D eigenvalue weighted by Gasteiger charge is -2.34. The van der Waals surface area contributed by atoms with Gasteiger partial charge in [-0.1, -0.05) is 35.3 Å². The van der Waals surface area contributed by atoms with Crippen LogP contribution >= 0.6 is 23.2 Å². The number of morpholine rings is 1. The fourth-order valence-corrected chi connectivity index (χ4v) is 5.17. The van der Waals surface area contributed by atoms with E-state index in [1.807, 2.05) is 30.5 Å². The van der Waals surface area contributed by atoms with Crippen LogP contribution in [0.1, 0.15) is 18.4 Å². The van der Waals surface area contributed by atoms with Gasteiger partial charge in [-0.3, -0.25) is 5.01 Å². The number of anilines is 1. The molecule has 8 heteroatoms. The molecule has 5 rings (SSSR count). The van der Waals surface area contributed by atoms with Gasteiger partial charge in [-0.25, -0.2) is 4.98 Å². The van der Waals surface area contributed by atoms with E-state index in [4.69, 9.17) is 33.0 Å².